The van der Waals surface area contributed by atoms with Crippen molar-refractivity contribution in [3.8, 4) is 0 Å². The van der Waals surface area contributed by atoms with E-state index < -0.39 is 0 Å². The first-order valence-electron chi connectivity index (χ1n) is 5.96. The van der Waals surface area contributed by atoms with Gasteiger partial charge in [0, 0.05) is 25.7 Å². The van der Waals surface area contributed by atoms with Crippen molar-refractivity contribution in [1.82, 2.24) is 14.9 Å². The molecule has 0 amide bonds. The number of nitrogens with zero attached hydrogens (tertiary/aromatic N) is 2. The predicted molar refractivity (Wildman–Crippen MR) is 72.9 cm³/mol. The summed E-state index contributed by atoms with van der Waals surface area (Å²) in [5.74, 6) is 0.583. The van der Waals surface area contributed by atoms with E-state index in [1.807, 2.05) is 0 Å². The zero-order chi connectivity index (χ0) is 13.0. The average Bonchev–Trinajstić information content (AvgIpc) is 2.36. The molecule has 2 rings (SSSR count). The van der Waals surface area contributed by atoms with Gasteiger partial charge in [0.25, 0.3) is 5.56 Å². The Balaban J connectivity index is 1.92. The Morgan fingerprint density at radius 2 is 2.33 bits per heavy atom. The number of hydrogen-bond donors (Lipinski definition) is 2. The number of aromatic nitrogens is 2. The summed E-state index contributed by atoms with van der Waals surface area (Å²) < 4.78 is 5.75. The van der Waals surface area contributed by atoms with Crippen LogP contribution in [0.4, 0.5) is 5.82 Å². The van der Waals surface area contributed by atoms with E-state index in [9.17, 15) is 4.79 Å². The molecule has 1 aliphatic rings. The fraction of sp³-hybridized carbons (Fsp3) is 0.636. The molecule has 1 saturated heterocycles. The van der Waals surface area contributed by atoms with Crippen molar-refractivity contribution < 1.29 is 4.74 Å². The van der Waals surface area contributed by atoms with Crippen LogP contribution >= 0.6 is 15.9 Å². The van der Waals surface area contributed by atoms with Crippen molar-refractivity contribution in [3.05, 3.63) is 21.2 Å². The van der Waals surface area contributed by atoms with Crippen molar-refractivity contribution in [1.29, 1.82) is 0 Å². The molecule has 2 N–H and O–H groups in total. The summed E-state index contributed by atoms with van der Waals surface area (Å²) in [5, 5.41) is 3.24. The van der Waals surface area contributed by atoms with Gasteiger partial charge in [-0.15, -0.1) is 0 Å². The van der Waals surface area contributed by atoms with Crippen LogP contribution < -0.4 is 10.9 Å². The summed E-state index contributed by atoms with van der Waals surface area (Å²) in [5.41, 5.74) is -0.175. The topological polar surface area (TPSA) is 70.2 Å². The molecule has 100 valence electrons. The third-order valence-electron chi connectivity index (χ3n) is 2.82. The number of morpholine rings is 1. The predicted octanol–water partition coefficient (Wildman–Crippen LogP) is 0.665. The van der Waals surface area contributed by atoms with Gasteiger partial charge in [0.15, 0.2) is 0 Å². The first-order valence-corrected chi connectivity index (χ1v) is 6.76. The maximum atomic E-state index is 11.4. The van der Waals surface area contributed by atoms with Crippen molar-refractivity contribution in [2.24, 2.45) is 0 Å². The lowest BCUT2D eigenvalue weighted by Crippen LogP contribution is -2.42. The second kappa shape index (κ2) is 6.31. The lowest BCUT2D eigenvalue weighted by molar-refractivity contribution is 0.0368. The van der Waals surface area contributed by atoms with Crippen LogP contribution in [0.15, 0.2) is 15.6 Å². The minimum atomic E-state index is -0.175. The number of anilines is 1. The molecule has 1 aromatic rings. The molecule has 7 heteroatoms. The third kappa shape index (κ3) is 3.54. The SMILES string of the molecule is CC(CN1CCOCC1)Nc1nc[nH]c(=O)c1Br. The van der Waals surface area contributed by atoms with Gasteiger partial charge in [0.05, 0.1) is 19.5 Å². The van der Waals surface area contributed by atoms with E-state index in [4.69, 9.17) is 4.74 Å². The maximum Gasteiger partial charge on any atom is 0.267 e. The molecular formula is C11H17BrN4O2. The summed E-state index contributed by atoms with van der Waals surface area (Å²) in [6, 6.07) is 0.216. The molecule has 1 aromatic heterocycles. The van der Waals surface area contributed by atoms with Crippen molar-refractivity contribution in [3.63, 3.8) is 0 Å². The zero-order valence-corrected chi connectivity index (χ0v) is 11.9. The monoisotopic (exact) mass is 316 g/mol. The Morgan fingerprint density at radius 3 is 3.06 bits per heavy atom. The Morgan fingerprint density at radius 1 is 1.61 bits per heavy atom. The summed E-state index contributed by atoms with van der Waals surface area (Å²) >= 11 is 3.23. The third-order valence-corrected chi connectivity index (χ3v) is 3.55. The molecule has 0 radical (unpaired) electrons. The number of hydrogen-bond acceptors (Lipinski definition) is 5. The van der Waals surface area contributed by atoms with Crippen LogP contribution in [0.3, 0.4) is 0 Å². The molecule has 6 nitrogen and oxygen atoms in total. The van der Waals surface area contributed by atoms with Crippen LogP contribution in [-0.2, 0) is 4.74 Å². The summed E-state index contributed by atoms with van der Waals surface area (Å²) in [7, 11) is 0. The molecule has 0 aliphatic carbocycles. The lowest BCUT2D eigenvalue weighted by atomic mass is 10.3. The molecule has 0 saturated carbocycles. The minimum Gasteiger partial charge on any atom is -0.379 e. The molecule has 2 heterocycles. The number of H-pyrrole nitrogens is 1. The highest BCUT2D eigenvalue weighted by Crippen LogP contribution is 2.14. The molecule has 0 spiro atoms. The fourth-order valence-corrected chi connectivity index (χ4v) is 2.27. The smallest absolute Gasteiger partial charge is 0.267 e. The van der Waals surface area contributed by atoms with Crippen LogP contribution in [0, 0.1) is 0 Å². The Bertz CT molecular complexity index is 445. The van der Waals surface area contributed by atoms with E-state index in [-0.39, 0.29) is 11.6 Å². The average molecular weight is 317 g/mol. The lowest BCUT2D eigenvalue weighted by Gasteiger charge is -2.29. The quantitative estimate of drug-likeness (QED) is 0.854. The second-order valence-electron chi connectivity index (χ2n) is 4.35. The van der Waals surface area contributed by atoms with Crippen LogP contribution in [-0.4, -0.2) is 53.8 Å². The van der Waals surface area contributed by atoms with Crippen molar-refractivity contribution >= 4 is 21.7 Å². The van der Waals surface area contributed by atoms with Crippen LogP contribution in [0.2, 0.25) is 0 Å². The minimum absolute atomic E-state index is 0.175. The largest absolute Gasteiger partial charge is 0.379 e. The van der Waals surface area contributed by atoms with Gasteiger partial charge in [-0.05, 0) is 22.9 Å². The number of ether oxygens (including phenoxy) is 1. The van der Waals surface area contributed by atoms with Gasteiger partial charge in [-0.25, -0.2) is 4.98 Å². The van der Waals surface area contributed by atoms with Gasteiger partial charge in [-0.3, -0.25) is 9.69 Å². The molecule has 0 bridgehead atoms. The Labute approximate surface area is 114 Å². The number of rotatable bonds is 4. The van der Waals surface area contributed by atoms with Gasteiger partial charge in [-0.1, -0.05) is 0 Å². The highest BCUT2D eigenvalue weighted by Gasteiger charge is 2.15. The van der Waals surface area contributed by atoms with Gasteiger partial charge >= 0.3 is 0 Å². The molecule has 1 aliphatic heterocycles. The van der Waals surface area contributed by atoms with E-state index in [0.717, 1.165) is 32.8 Å². The van der Waals surface area contributed by atoms with E-state index >= 15 is 0 Å². The second-order valence-corrected chi connectivity index (χ2v) is 5.15. The van der Waals surface area contributed by atoms with Crippen LogP contribution in [0.1, 0.15) is 6.92 Å². The Kier molecular flexibility index (Phi) is 4.73. The van der Waals surface area contributed by atoms with Crippen LogP contribution in [0.25, 0.3) is 0 Å². The highest BCUT2D eigenvalue weighted by molar-refractivity contribution is 9.10. The molecule has 1 atom stereocenters. The summed E-state index contributed by atoms with van der Waals surface area (Å²) in [6.07, 6.45) is 1.40. The first kappa shape index (κ1) is 13.5. The van der Waals surface area contributed by atoms with E-state index in [1.165, 1.54) is 6.33 Å². The number of halogens is 1. The molecule has 1 unspecified atom stereocenters. The van der Waals surface area contributed by atoms with Gasteiger partial charge in [0.1, 0.15) is 10.3 Å². The molecule has 18 heavy (non-hydrogen) atoms. The van der Waals surface area contributed by atoms with Gasteiger partial charge < -0.3 is 15.0 Å². The van der Waals surface area contributed by atoms with Crippen LogP contribution in [0.5, 0.6) is 0 Å². The standard InChI is InChI=1S/C11H17BrN4O2/c1-8(6-16-2-4-18-5-3-16)15-10-9(12)11(17)14-7-13-10/h7-8H,2-6H2,1H3,(H2,13,14,15,17). The van der Waals surface area contributed by atoms with Crippen molar-refractivity contribution in [2.45, 2.75) is 13.0 Å². The number of aromatic amines is 1. The first-order chi connectivity index (χ1) is 8.66. The van der Waals surface area contributed by atoms with Crippen molar-refractivity contribution in [2.75, 3.05) is 38.2 Å². The van der Waals surface area contributed by atoms with E-state index in [0.29, 0.717) is 10.3 Å². The Hall–Kier alpha value is -0.920. The maximum absolute atomic E-state index is 11.4. The molecular weight excluding hydrogens is 300 g/mol. The fourth-order valence-electron chi connectivity index (χ4n) is 1.93. The highest BCUT2D eigenvalue weighted by atomic mass is 79.9. The van der Waals surface area contributed by atoms with Gasteiger partial charge in [-0.2, -0.15) is 0 Å². The van der Waals surface area contributed by atoms with E-state index in [1.54, 1.807) is 0 Å². The summed E-state index contributed by atoms with van der Waals surface area (Å²) in [4.78, 5) is 20.4. The summed E-state index contributed by atoms with van der Waals surface area (Å²) in [6.45, 7) is 6.47. The number of nitrogens with one attached hydrogen (secondary N) is 2. The molecule has 1 fully saturated rings. The molecule has 0 aromatic carbocycles. The normalized spacial score (nSPS) is 18.6. The van der Waals surface area contributed by atoms with Gasteiger partial charge in [0.2, 0.25) is 0 Å². The van der Waals surface area contributed by atoms with E-state index in [2.05, 4.69) is 43.0 Å². The zero-order valence-electron chi connectivity index (χ0n) is 10.3.